The quantitative estimate of drug-likeness (QED) is 0.379. The van der Waals surface area contributed by atoms with Gasteiger partial charge in [-0.3, -0.25) is 4.79 Å². The van der Waals surface area contributed by atoms with Crippen molar-refractivity contribution in [3.63, 3.8) is 0 Å². The smallest absolute Gasteiger partial charge is 0.255 e. The van der Waals surface area contributed by atoms with E-state index < -0.39 is 9.84 Å². The maximum atomic E-state index is 13.5. The average molecular weight is 514 g/mol. The molecule has 0 atom stereocenters. The van der Waals surface area contributed by atoms with Crippen LogP contribution in [0.4, 0.5) is 5.88 Å². The summed E-state index contributed by atoms with van der Waals surface area (Å²) in [6, 6.07) is 18.8. The van der Waals surface area contributed by atoms with E-state index in [-0.39, 0.29) is 27.6 Å². The Balaban J connectivity index is 1.45. The molecule has 5 rings (SSSR count). The molecule has 7 nitrogen and oxygen atoms in total. The van der Waals surface area contributed by atoms with Gasteiger partial charge in [0.25, 0.3) is 5.91 Å². The molecule has 2 aromatic carbocycles. The number of sulfone groups is 1. The van der Waals surface area contributed by atoms with Crippen LogP contribution in [0.5, 0.6) is 0 Å². The van der Waals surface area contributed by atoms with Gasteiger partial charge in [0.05, 0.1) is 20.4 Å². The molecule has 10 heteroatoms. The van der Waals surface area contributed by atoms with E-state index in [1.165, 1.54) is 11.3 Å². The molecule has 0 saturated carbocycles. The first-order chi connectivity index (χ1) is 16.4. The molecule has 4 aromatic rings. The van der Waals surface area contributed by atoms with E-state index in [1.807, 2.05) is 22.4 Å². The third-order valence-corrected chi connectivity index (χ3v) is 8.43. The van der Waals surface area contributed by atoms with Crippen LogP contribution in [0.2, 0.25) is 5.02 Å². The lowest BCUT2D eigenvalue weighted by atomic mass is 10.2. The Bertz CT molecular complexity index is 1410. The van der Waals surface area contributed by atoms with Gasteiger partial charge in [0, 0.05) is 26.2 Å². The van der Waals surface area contributed by atoms with Gasteiger partial charge >= 0.3 is 0 Å². The summed E-state index contributed by atoms with van der Waals surface area (Å²) in [4.78, 5) is 21.8. The van der Waals surface area contributed by atoms with E-state index in [4.69, 9.17) is 16.0 Å². The second-order valence-electron chi connectivity index (χ2n) is 7.68. The first-order valence-electron chi connectivity index (χ1n) is 10.6. The van der Waals surface area contributed by atoms with Crippen LogP contribution in [0, 0.1) is 0 Å². The largest absolute Gasteiger partial charge is 0.418 e. The number of carbonyl (C=O) groups excluding carboxylic acids is 1. The Morgan fingerprint density at radius 3 is 2.32 bits per heavy atom. The summed E-state index contributed by atoms with van der Waals surface area (Å²) in [5.41, 5.74) is 0.449. The topological polar surface area (TPSA) is 83.7 Å². The van der Waals surface area contributed by atoms with E-state index in [2.05, 4.69) is 4.98 Å². The number of hydrogen-bond acceptors (Lipinski definition) is 7. The van der Waals surface area contributed by atoms with Crippen LogP contribution in [-0.4, -0.2) is 50.4 Å². The molecule has 0 unspecified atom stereocenters. The molecular formula is C24H20ClN3O4S2. The first-order valence-corrected chi connectivity index (χ1v) is 13.3. The van der Waals surface area contributed by atoms with Crippen LogP contribution in [-0.2, 0) is 9.84 Å². The minimum atomic E-state index is -3.91. The summed E-state index contributed by atoms with van der Waals surface area (Å²) in [5.74, 6) is 0.297. The minimum Gasteiger partial charge on any atom is -0.418 e. The summed E-state index contributed by atoms with van der Waals surface area (Å²) < 4.78 is 32.9. The molecular weight excluding hydrogens is 494 g/mol. The predicted molar refractivity (Wildman–Crippen MR) is 131 cm³/mol. The summed E-state index contributed by atoms with van der Waals surface area (Å²) in [7, 11) is -3.91. The van der Waals surface area contributed by atoms with Crippen molar-refractivity contribution >= 4 is 44.6 Å². The summed E-state index contributed by atoms with van der Waals surface area (Å²) >= 11 is 7.62. The molecule has 1 amide bonds. The maximum absolute atomic E-state index is 13.5. The summed E-state index contributed by atoms with van der Waals surface area (Å²) in [6.45, 7) is 1.58. The number of anilines is 1. The maximum Gasteiger partial charge on any atom is 0.255 e. The molecule has 0 bridgehead atoms. The minimum absolute atomic E-state index is 0.118. The second-order valence-corrected chi connectivity index (χ2v) is 10.9. The number of halogens is 1. The van der Waals surface area contributed by atoms with Gasteiger partial charge in [-0.1, -0.05) is 48.0 Å². The first kappa shape index (κ1) is 22.6. The van der Waals surface area contributed by atoms with Gasteiger partial charge in [0.2, 0.25) is 26.6 Å². The summed E-state index contributed by atoms with van der Waals surface area (Å²) in [6.07, 6.45) is 0. The highest BCUT2D eigenvalue weighted by atomic mass is 35.5. The zero-order valence-corrected chi connectivity index (χ0v) is 20.3. The van der Waals surface area contributed by atoms with Crippen molar-refractivity contribution in [1.29, 1.82) is 0 Å². The SMILES string of the molecule is O=C(c1ccccc1Cl)N1CCN(c2oc(-c3cccs3)nc2S(=O)(=O)c2ccccc2)CC1. The van der Waals surface area contributed by atoms with Crippen molar-refractivity contribution in [2.45, 2.75) is 9.92 Å². The Morgan fingerprint density at radius 2 is 1.65 bits per heavy atom. The van der Waals surface area contributed by atoms with E-state index in [9.17, 15) is 13.2 Å². The average Bonchev–Trinajstić information content (AvgIpc) is 3.55. The summed E-state index contributed by atoms with van der Waals surface area (Å²) in [5, 5.41) is 2.17. The lowest BCUT2D eigenvalue weighted by Crippen LogP contribution is -2.49. The zero-order chi connectivity index (χ0) is 23.7. The lowest BCUT2D eigenvalue weighted by Gasteiger charge is -2.34. The predicted octanol–water partition coefficient (Wildman–Crippen LogP) is 4.85. The van der Waals surface area contributed by atoms with Crippen LogP contribution in [0.25, 0.3) is 10.8 Å². The Kier molecular flexibility index (Phi) is 6.16. The molecule has 3 heterocycles. The number of rotatable bonds is 5. The Hall–Kier alpha value is -3.14. The monoisotopic (exact) mass is 513 g/mol. The highest BCUT2D eigenvalue weighted by molar-refractivity contribution is 7.91. The highest BCUT2D eigenvalue weighted by Crippen LogP contribution is 2.36. The van der Waals surface area contributed by atoms with Crippen molar-refractivity contribution in [2.24, 2.45) is 0 Å². The molecule has 174 valence electrons. The number of oxazole rings is 1. The number of thiophene rings is 1. The molecule has 34 heavy (non-hydrogen) atoms. The van der Waals surface area contributed by atoms with Gasteiger partial charge < -0.3 is 14.2 Å². The van der Waals surface area contributed by atoms with Gasteiger partial charge in [-0.05, 0) is 35.7 Å². The van der Waals surface area contributed by atoms with E-state index in [0.29, 0.717) is 36.8 Å². The molecule has 0 radical (unpaired) electrons. The molecule has 1 aliphatic rings. The van der Waals surface area contributed by atoms with Gasteiger partial charge in [0.15, 0.2) is 0 Å². The van der Waals surface area contributed by atoms with E-state index in [0.717, 1.165) is 4.88 Å². The third-order valence-electron chi connectivity index (χ3n) is 5.58. The zero-order valence-electron chi connectivity index (χ0n) is 17.9. The molecule has 0 aliphatic carbocycles. The second kappa shape index (κ2) is 9.25. The lowest BCUT2D eigenvalue weighted by molar-refractivity contribution is 0.0745. The fraction of sp³-hybridized carbons (Fsp3) is 0.167. The van der Waals surface area contributed by atoms with Crippen LogP contribution >= 0.6 is 22.9 Å². The number of piperazine rings is 1. The fourth-order valence-electron chi connectivity index (χ4n) is 3.81. The van der Waals surface area contributed by atoms with E-state index in [1.54, 1.807) is 59.5 Å². The van der Waals surface area contributed by atoms with Gasteiger partial charge in [-0.15, -0.1) is 11.3 Å². The fourth-order valence-corrected chi connectivity index (χ4v) is 6.02. The molecule has 0 spiro atoms. The van der Waals surface area contributed by atoms with Crippen LogP contribution < -0.4 is 4.90 Å². The number of hydrogen-bond donors (Lipinski definition) is 0. The molecule has 1 fully saturated rings. The Morgan fingerprint density at radius 1 is 0.941 bits per heavy atom. The number of aromatic nitrogens is 1. The van der Waals surface area contributed by atoms with E-state index >= 15 is 0 Å². The van der Waals surface area contributed by atoms with Crippen molar-refractivity contribution in [1.82, 2.24) is 9.88 Å². The number of benzene rings is 2. The van der Waals surface area contributed by atoms with Gasteiger partial charge in [-0.25, -0.2) is 8.42 Å². The number of nitrogens with zero attached hydrogens (tertiary/aromatic N) is 3. The molecule has 1 aliphatic heterocycles. The standard InChI is InChI=1S/C24H20ClN3O4S2/c25-19-10-5-4-9-18(19)23(29)27-12-14-28(15-13-27)24-22(26-21(32-24)20-11-6-16-33-20)34(30,31)17-7-2-1-3-8-17/h1-11,16H,12-15H2. The van der Waals surface area contributed by atoms with Crippen molar-refractivity contribution in [2.75, 3.05) is 31.1 Å². The highest BCUT2D eigenvalue weighted by Gasteiger charge is 2.33. The normalized spacial score (nSPS) is 14.4. The van der Waals surface area contributed by atoms with Crippen molar-refractivity contribution < 1.29 is 17.6 Å². The molecule has 1 saturated heterocycles. The molecule has 2 aromatic heterocycles. The third kappa shape index (κ3) is 4.22. The van der Waals surface area contributed by atoms with Crippen molar-refractivity contribution in [3.05, 3.63) is 82.7 Å². The van der Waals surface area contributed by atoms with Gasteiger partial charge in [0.1, 0.15) is 0 Å². The molecule has 0 N–H and O–H groups in total. The van der Waals surface area contributed by atoms with Crippen LogP contribution in [0.15, 0.2) is 86.4 Å². The number of carbonyl (C=O) groups is 1. The number of amides is 1. The van der Waals surface area contributed by atoms with Gasteiger partial charge in [-0.2, -0.15) is 4.98 Å². The van der Waals surface area contributed by atoms with Crippen LogP contribution in [0.1, 0.15) is 10.4 Å². The Labute approximate surface area is 206 Å². The van der Waals surface area contributed by atoms with Crippen molar-refractivity contribution in [3.8, 4) is 10.8 Å². The van der Waals surface area contributed by atoms with Crippen LogP contribution in [0.3, 0.4) is 0 Å².